The van der Waals surface area contributed by atoms with Gasteiger partial charge < -0.3 is 15.6 Å². The molecule has 0 saturated heterocycles. The lowest BCUT2D eigenvalue weighted by Gasteiger charge is -2.05. The van der Waals surface area contributed by atoms with Crippen molar-refractivity contribution in [3.05, 3.63) is 57.6 Å². The fraction of sp³-hybridized carbons (Fsp3) is 0.400. The van der Waals surface area contributed by atoms with Crippen molar-refractivity contribution in [2.24, 2.45) is 0 Å². The number of ether oxygens (including phenoxy) is 1. The average molecular weight is 313 g/mol. The monoisotopic (exact) mass is 313 g/mol. The summed E-state index contributed by atoms with van der Waals surface area (Å²) in [5, 5.41) is 9.38. The van der Waals surface area contributed by atoms with Gasteiger partial charge in [0.25, 0.3) is 0 Å². The fourth-order valence-corrected chi connectivity index (χ4v) is 3.33. The Kier molecular flexibility index (Phi) is 5.32. The highest BCUT2D eigenvalue weighted by atomic mass is 16.5. The predicted octanol–water partition coefficient (Wildman–Crippen LogP) is 4.43. The summed E-state index contributed by atoms with van der Waals surface area (Å²) in [7, 11) is 0. The number of fused-ring (bicyclic) bond motifs is 2. The van der Waals surface area contributed by atoms with Crippen molar-refractivity contribution in [2.45, 2.75) is 53.8 Å². The normalized spacial score (nSPS) is 14.3. The van der Waals surface area contributed by atoms with Crippen LogP contribution in [-0.2, 0) is 30.8 Å². The van der Waals surface area contributed by atoms with Crippen LogP contribution in [-0.4, -0.2) is 5.11 Å². The Morgan fingerprint density at radius 1 is 0.870 bits per heavy atom. The van der Waals surface area contributed by atoms with E-state index in [9.17, 15) is 5.11 Å². The second-order valence-electron chi connectivity index (χ2n) is 6.13. The van der Waals surface area contributed by atoms with Gasteiger partial charge in [0.05, 0.1) is 13.2 Å². The van der Waals surface area contributed by atoms with Crippen LogP contribution in [0.3, 0.4) is 0 Å². The van der Waals surface area contributed by atoms with Crippen LogP contribution in [0.25, 0.3) is 0 Å². The molecule has 2 aliphatic rings. The minimum absolute atomic E-state index is 0. The smallest absolute Gasteiger partial charge is 0.121 e. The van der Waals surface area contributed by atoms with Gasteiger partial charge >= 0.3 is 0 Å². The molecule has 4 rings (SSSR count). The van der Waals surface area contributed by atoms with Crippen molar-refractivity contribution in [2.75, 3.05) is 5.73 Å². The Labute approximate surface area is 139 Å². The molecule has 0 atom stereocenters. The molecule has 0 saturated carbocycles. The van der Waals surface area contributed by atoms with E-state index in [2.05, 4.69) is 13.0 Å². The number of benzene rings is 2. The number of aromatic hydroxyl groups is 1. The van der Waals surface area contributed by atoms with Gasteiger partial charge in [-0.2, -0.15) is 0 Å². The summed E-state index contributed by atoms with van der Waals surface area (Å²) >= 11 is 0. The van der Waals surface area contributed by atoms with Crippen LogP contribution in [0.15, 0.2) is 24.3 Å². The molecule has 2 aromatic carbocycles. The topological polar surface area (TPSA) is 55.5 Å². The molecule has 0 spiro atoms. The molecule has 0 fully saturated rings. The highest BCUT2D eigenvalue weighted by molar-refractivity contribution is 5.55. The maximum atomic E-state index is 9.38. The number of hydrogen-bond donors (Lipinski definition) is 2. The standard InChI is InChI=1S/C10H13N.C9H10O2.CH4/c1-7-5-6-10(11)9-4-2-3-8(7)9;1-6-2-3-9(10)8-5-11-4-7(6)8;/h5-6H,2-4,11H2,1H3;2-3,10H,4-5H2,1H3;1H4. The maximum absolute atomic E-state index is 9.38. The summed E-state index contributed by atoms with van der Waals surface area (Å²) < 4.78 is 5.22. The zero-order valence-corrected chi connectivity index (χ0v) is 13.3. The number of nitrogen functional groups attached to an aromatic ring is 1. The number of rotatable bonds is 0. The third-order valence-electron chi connectivity index (χ3n) is 4.69. The van der Waals surface area contributed by atoms with E-state index in [1.165, 1.54) is 41.5 Å². The molecular formula is C20H27NO2. The molecule has 0 bridgehead atoms. The minimum atomic E-state index is 0. The van der Waals surface area contributed by atoms with E-state index in [0.29, 0.717) is 19.0 Å². The molecule has 3 N–H and O–H groups in total. The van der Waals surface area contributed by atoms with Crippen LogP contribution >= 0.6 is 0 Å². The van der Waals surface area contributed by atoms with Crippen molar-refractivity contribution >= 4 is 5.69 Å². The van der Waals surface area contributed by atoms with Crippen molar-refractivity contribution in [1.29, 1.82) is 0 Å². The lowest BCUT2D eigenvalue weighted by molar-refractivity contribution is 0.133. The van der Waals surface area contributed by atoms with Crippen LogP contribution < -0.4 is 5.73 Å². The SMILES string of the molecule is C.Cc1ccc(N)c2c1CCC2.Cc1ccc(O)c2c1COC2. The molecule has 1 heterocycles. The zero-order valence-electron chi connectivity index (χ0n) is 13.3. The average Bonchev–Trinajstić information content (AvgIpc) is 3.17. The summed E-state index contributed by atoms with van der Waals surface area (Å²) in [5.74, 6) is 0.364. The third-order valence-corrected chi connectivity index (χ3v) is 4.69. The van der Waals surface area contributed by atoms with Gasteiger partial charge in [-0.15, -0.1) is 0 Å². The van der Waals surface area contributed by atoms with Gasteiger partial charge in [-0.05, 0) is 73.1 Å². The number of phenolic OH excluding ortho intramolecular Hbond substituents is 1. The number of nitrogens with two attached hydrogens (primary N) is 1. The molecular weight excluding hydrogens is 286 g/mol. The zero-order chi connectivity index (χ0) is 15.7. The van der Waals surface area contributed by atoms with Crippen LogP contribution in [0.2, 0.25) is 0 Å². The van der Waals surface area contributed by atoms with E-state index in [1.807, 2.05) is 19.1 Å². The van der Waals surface area contributed by atoms with Crippen LogP contribution in [0.5, 0.6) is 5.75 Å². The van der Waals surface area contributed by atoms with E-state index in [-0.39, 0.29) is 7.43 Å². The van der Waals surface area contributed by atoms with Crippen LogP contribution in [0.4, 0.5) is 5.69 Å². The number of phenols is 1. The first-order valence-corrected chi connectivity index (χ1v) is 7.83. The minimum Gasteiger partial charge on any atom is -0.508 e. The van der Waals surface area contributed by atoms with Crippen molar-refractivity contribution in [1.82, 2.24) is 0 Å². The first-order valence-electron chi connectivity index (χ1n) is 7.83. The van der Waals surface area contributed by atoms with E-state index < -0.39 is 0 Å². The summed E-state index contributed by atoms with van der Waals surface area (Å²) in [5.41, 5.74) is 14.5. The molecule has 23 heavy (non-hydrogen) atoms. The second kappa shape index (κ2) is 7.05. The fourth-order valence-electron chi connectivity index (χ4n) is 3.33. The largest absolute Gasteiger partial charge is 0.508 e. The summed E-state index contributed by atoms with van der Waals surface area (Å²) in [6, 6.07) is 7.80. The molecule has 2 aromatic rings. The summed E-state index contributed by atoms with van der Waals surface area (Å²) in [4.78, 5) is 0. The number of hydrogen-bond acceptors (Lipinski definition) is 3. The highest BCUT2D eigenvalue weighted by Crippen LogP contribution is 2.30. The lowest BCUT2D eigenvalue weighted by Crippen LogP contribution is -1.94. The van der Waals surface area contributed by atoms with Crippen LogP contribution in [0.1, 0.15) is 47.2 Å². The molecule has 0 amide bonds. The molecule has 1 aliphatic carbocycles. The van der Waals surface area contributed by atoms with Gasteiger partial charge in [-0.25, -0.2) is 0 Å². The van der Waals surface area contributed by atoms with Gasteiger partial charge in [-0.3, -0.25) is 0 Å². The molecule has 0 radical (unpaired) electrons. The first kappa shape index (κ1) is 17.4. The van der Waals surface area contributed by atoms with Gasteiger partial charge in [0, 0.05) is 11.3 Å². The Bertz CT molecular complexity index is 588. The first-order chi connectivity index (χ1) is 10.6. The van der Waals surface area contributed by atoms with Crippen molar-refractivity contribution in [3.63, 3.8) is 0 Å². The molecule has 3 heteroatoms. The molecule has 124 valence electrons. The Balaban J connectivity index is 0.000000160. The van der Waals surface area contributed by atoms with Crippen LogP contribution in [0, 0.1) is 13.8 Å². The Morgan fingerprint density at radius 3 is 2.17 bits per heavy atom. The van der Waals surface area contributed by atoms with Crippen molar-refractivity contribution < 1.29 is 9.84 Å². The van der Waals surface area contributed by atoms with Crippen molar-refractivity contribution in [3.8, 4) is 5.75 Å². The number of aryl methyl sites for hydroxylation is 2. The van der Waals surface area contributed by atoms with E-state index >= 15 is 0 Å². The molecule has 0 aromatic heterocycles. The Hall–Kier alpha value is -2.00. The molecule has 0 unspecified atom stereocenters. The van der Waals surface area contributed by atoms with E-state index in [1.54, 1.807) is 6.07 Å². The third kappa shape index (κ3) is 3.35. The van der Waals surface area contributed by atoms with E-state index in [4.69, 9.17) is 10.5 Å². The van der Waals surface area contributed by atoms with Gasteiger partial charge in [0.1, 0.15) is 5.75 Å². The summed E-state index contributed by atoms with van der Waals surface area (Å²) in [6.07, 6.45) is 3.69. The quantitative estimate of drug-likeness (QED) is 0.707. The van der Waals surface area contributed by atoms with Gasteiger partial charge in [0.15, 0.2) is 0 Å². The van der Waals surface area contributed by atoms with Gasteiger partial charge in [-0.1, -0.05) is 19.6 Å². The highest BCUT2D eigenvalue weighted by Gasteiger charge is 2.16. The lowest BCUT2D eigenvalue weighted by atomic mass is 10.0. The Morgan fingerprint density at radius 2 is 1.48 bits per heavy atom. The maximum Gasteiger partial charge on any atom is 0.121 e. The second-order valence-corrected chi connectivity index (χ2v) is 6.13. The number of anilines is 1. The van der Waals surface area contributed by atoms with Gasteiger partial charge in [0.2, 0.25) is 0 Å². The molecule has 1 aliphatic heterocycles. The predicted molar refractivity (Wildman–Crippen MR) is 95.7 cm³/mol. The molecule has 3 nitrogen and oxygen atoms in total. The summed E-state index contributed by atoms with van der Waals surface area (Å²) in [6.45, 7) is 5.41. The van der Waals surface area contributed by atoms with E-state index in [0.717, 1.165) is 16.8 Å².